The first-order chi connectivity index (χ1) is 24.8. The van der Waals surface area contributed by atoms with Gasteiger partial charge in [-0.1, -0.05) is 121 Å². The van der Waals surface area contributed by atoms with Crippen LogP contribution in [-0.2, 0) is 0 Å². The van der Waals surface area contributed by atoms with E-state index in [1.54, 1.807) is 6.20 Å². The van der Waals surface area contributed by atoms with Crippen molar-refractivity contribution in [2.24, 2.45) is 0 Å². The number of benzene rings is 6. The predicted octanol–water partition coefficient (Wildman–Crippen LogP) is 10.7. The van der Waals surface area contributed by atoms with Gasteiger partial charge in [0.1, 0.15) is 22.6 Å². The van der Waals surface area contributed by atoms with Crippen LogP contribution in [0.2, 0.25) is 0 Å². The lowest BCUT2D eigenvalue weighted by Crippen LogP contribution is -2.00. The van der Waals surface area contributed by atoms with Gasteiger partial charge in [-0.3, -0.25) is 0 Å². The summed E-state index contributed by atoms with van der Waals surface area (Å²) in [6.07, 6.45) is 1.73. The van der Waals surface area contributed by atoms with E-state index in [-0.39, 0.29) is 0 Å². The fraction of sp³-hybridized carbons (Fsp3) is 0. The molecule has 236 valence electrons. The molecule has 0 bridgehead atoms. The number of aromatic nitrogens is 5. The Kier molecular flexibility index (Phi) is 7.33. The van der Waals surface area contributed by atoms with Crippen molar-refractivity contribution >= 4 is 21.9 Å². The summed E-state index contributed by atoms with van der Waals surface area (Å²) >= 11 is 0. The van der Waals surface area contributed by atoms with E-state index in [0.29, 0.717) is 46.1 Å². The summed E-state index contributed by atoms with van der Waals surface area (Å²) in [4.78, 5) is 24.5. The Morgan fingerprint density at radius 3 is 1.66 bits per heavy atom. The molecule has 0 unspecified atom stereocenters. The summed E-state index contributed by atoms with van der Waals surface area (Å²) in [7, 11) is 0. The van der Waals surface area contributed by atoms with Crippen LogP contribution in [0, 0.1) is 0 Å². The number of hydrogen-bond donors (Lipinski definition) is 0. The van der Waals surface area contributed by atoms with Crippen LogP contribution < -0.4 is 4.74 Å². The average molecular weight is 646 g/mol. The number of ether oxygens (including phenoxy) is 1. The minimum absolute atomic E-state index is 0.534. The highest BCUT2D eigenvalue weighted by Crippen LogP contribution is 2.39. The van der Waals surface area contributed by atoms with E-state index in [1.165, 1.54) is 0 Å². The van der Waals surface area contributed by atoms with E-state index in [1.807, 2.05) is 146 Å². The van der Waals surface area contributed by atoms with E-state index in [2.05, 4.69) is 12.1 Å². The third kappa shape index (κ3) is 5.52. The smallest absolute Gasteiger partial charge is 0.172 e. The van der Waals surface area contributed by atoms with Crippen molar-refractivity contribution in [1.29, 1.82) is 0 Å². The molecule has 6 aromatic carbocycles. The molecule has 7 heteroatoms. The fourth-order valence-corrected chi connectivity index (χ4v) is 6.04. The largest absolute Gasteiger partial charge is 0.455 e. The second-order valence-corrected chi connectivity index (χ2v) is 11.7. The molecule has 0 saturated carbocycles. The minimum atomic E-state index is 0.534. The number of furan rings is 1. The second kappa shape index (κ2) is 12.6. The standard InChI is InChI=1S/C43H27N5O2/c1-5-14-28(15-6-1)38-37(49-32-20-11-4-12-21-32)27-44-43(45-38)34-23-13-22-33-35-26-31(24-25-36(35)50-39(33)34)42-47-40(29-16-7-2-8-17-29)46-41(48-42)30-18-9-3-10-19-30/h1-27H. The van der Waals surface area contributed by atoms with Crippen molar-refractivity contribution in [3.63, 3.8) is 0 Å². The highest BCUT2D eigenvalue weighted by Gasteiger charge is 2.19. The predicted molar refractivity (Wildman–Crippen MR) is 196 cm³/mol. The first-order valence-electron chi connectivity index (χ1n) is 16.3. The lowest BCUT2D eigenvalue weighted by atomic mass is 10.1. The summed E-state index contributed by atoms with van der Waals surface area (Å²) in [6.45, 7) is 0. The van der Waals surface area contributed by atoms with Crippen LogP contribution in [0.4, 0.5) is 0 Å². The lowest BCUT2D eigenvalue weighted by Gasteiger charge is -2.12. The van der Waals surface area contributed by atoms with Gasteiger partial charge >= 0.3 is 0 Å². The van der Waals surface area contributed by atoms with Crippen LogP contribution in [0.15, 0.2) is 168 Å². The van der Waals surface area contributed by atoms with E-state index in [0.717, 1.165) is 44.2 Å². The molecule has 3 heterocycles. The maximum Gasteiger partial charge on any atom is 0.172 e. The van der Waals surface area contributed by atoms with Gasteiger partial charge in [0.25, 0.3) is 0 Å². The molecule has 0 N–H and O–H groups in total. The van der Waals surface area contributed by atoms with E-state index < -0.39 is 0 Å². The Balaban J connectivity index is 1.16. The van der Waals surface area contributed by atoms with Crippen molar-refractivity contribution in [2.45, 2.75) is 0 Å². The minimum Gasteiger partial charge on any atom is -0.455 e. The first kappa shape index (κ1) is 29.2. The van der Waals surface area contributed by atoms with E-state index >= 15 is 0 Å². The van der Waals surface area contributed by atoms with Crippen molar-refractivity contribution < 1.29 is 9.15 Å². The molecule has 0 aliphatic heterocycles. The zero-order valence-electron chi connectivity index (χ0n) is 26.6. The molecule has 3 aromatic heterocycles. The number of nitrogens with zero attached hydrogens (tertiary/aromatic N) is 5. The van der Waals surface area contributed by atoms with E-state index in [9.17, 15) is 0 Å². The van der Waals surface area contributed by atoms with Crippen LogP contribution >= 0.6 is 0 Å². The van der Waals surface area contributed by atoms with Crippen LogP contribution in [-0.4, -0.2) is 24.9 Å². The SMILES string of the molecule is c1ccc(Oc2cnc(-c3cccc4c3oc3ccc(-c5nc(-c6ccccc6)nc(-c6ccccc6)n5)cc34)nc2-c2ccccc2)cc1. The van der Waals surface area contributed by atoms with Gasteiger partial charge in [0.15, 0.2) is 29.0 Å². The molecular weight excluding hydrogens is 619 g/mol. The van der Waals surface area contributed by atoms with Crippen LogP contribution in [0.3, 0.4) is 0 Å². The molecule has 50 heavy (non-hydrogen) atoms. The zero-order valence-corrected chi connectivity index (χ0v) is 26.6. The molecular formula is C43H27N5O2. The van der Waals surface area contributed by atoms with Crippen molar-refractivity contribution in [3.05, 3.63) is 164 Å². The molecule has 0 spiro atoms. The zero-order chi connectivity index (χ0) is 33.3. The Bertz CT molecular complexity index is 2550. The summed E-state index contributed by atoms with van der Waals surface area (Å²) in [5.41, 5.74) is 6.52. The highest BCUT2D eigenvalue weighted by atomic mass is 16.5. The molecule has 0 fully saturated rings. The lowest BCUT2D eigenvalue weighted by molar-refractivity contribution is 0.480. The molecule has 0 saturated heterocycles. The maximum absolute atomic E-state index is 6.52. The summed E-state index contributed by atoms with van der Waals surface area (Å²) in [6, 6.07) is 51.6. The summed E-state index contributed by atoms with van der Waals surface area (Å²) in [5, 5.41) is 1.88. The van der Waals surface area contributed by atoms with Gasteiger partial charge in [-0.25, -0.2) is 24.9 Å². The van der Waals surface area contributed by atoms with Gasteiger partial charge in [0, 0.05) is 33.0 Å². The summed E-state index contributed by atoms with van der Waals surface area (Å²) in [5.74, 6) is 3.61. The molecule has 0 aliphatic rings. The molecule has 0 radical (unpaired) electrons. The third-order valence-electron chi connectivity index (χ3n) is 8.47. The Hall–Kier alpha value is -6.99. The van der Waals surface area contributed by atoms with Gasteiger partial charge < -0.3 is 9.15 Å². The van der Waals surface area contributed by atoms with Crippen LogP contribution in [0.1, 0.15) is 0 Å². The maximum atomic E-state index is 6.52. The van der Waals surface area contributed by atoms with Crippen LogP contribution in [0.5, 0.6) is 11.5 Å². The Labute approximate surface area is 287 Å². The van der Waals surface area contributed by atoms with Gasteiger partial charge in [0.05, 0.1) is 11.8 Å². The first-order valence-corrected chi connectivity index (χ1v) is 16.3. The molecule has 0 amide bonds. The highest BCUT2D eigenvalue weighted by molar-refractivity contribution is 6.10. The Morgan fingerprint density at radius 2 is 1.02 bits per heavy atom. The number of para-hydroxylation sites is 2. The molecule has 0 atom stereocenters. The monoisotopic (exact) mass is 645 g/mol. The average Bonchev–Trinajstić information content (AvgIpc) is 3.58. The van der Waals surface area contributed by atoms with Crippen molar-refractivity contribution in [1.82, 2.24) is 24.9 Å². The Morgan fingerprint density at radius 1 is 0.440 bits per heavy atom. The van der Waals surface area contributed by atoms with Crippen molar-refractivity contribution in [2.75, 3.05) is 0 Å². The normalized spacial score (nSPS) is 11.2. The topological polar surface area (TPSA) is 86.8 Å². The second-order valence-electron chi connectivity index (χ2n) is 11.7. The molecule has 0 aliphatic carbocycles. The number of rotatable bonds is 7. The van der Waals surface area contributed by atoms with Gasteiger partial charge in [-0.2, -0.15) is 0 Å². The quantitative estimate of drug-likeness (QED) is 0.170. The summed E-state index contributed by atoms with van der Waals surface area (Å²) < 4.78 is 12.8. The van der Waals surface area contributed by atoms with Gasteiger partial charge in [-0.05, 0) is 36.4 Å². The van der Waals surface area contributed by atoms with Crippen molar-refractivity contribution in [3.8, 4) is 68.3 Å². The van der Waals surface area contributed by atoms with Crippen LogP contribution in [0.25, 0.3) is 78.7 Å². The molecule has 7 nitrogen and oxygen atoms in total. The molecule has 9 rings (SSSR count). The van der Waals surface area contributed by atoms with E-state index in [4.69, 9.17) is 34.1 Å². The molecule has 9 aromatic rings. The van der Waals surface area contributed by atoms with Gasteiger partial charge in [-0.15, -0.1) is 0 Å². The number of fused-ring (bicyclic) bond motifs is 3. The number of hydrogen-bond acceptors (Lipinski definition) is 7. The fourth-order valence-electron chi connectivity index (χ4n) is 6.04. The van der Waals surface area contributed by atoms with Gasteiger partial charge in [0.2, 0.25) is 0 Å². The third-order valence-corrected chi connectivity index (χ3v) is 8.47.